The van der Waals surface area contributed by atoms with Crippen LogP contribution in [-0.2, 0) is 10.9 Å². The van der Waals surface area contributed by atoms with Gasteiger partial charge in [-0.15, -0.1) is 0 Å². The Labute approximate surface area is 193 Å². The Morgan fingerprint density at radius 3 is 2.59 bits per heavy atom. The van der Waals surface area contributed by atoms with Crippen LogP contribution in [0.5, 0.6) is 0 Å². The SMILES string of the molecule is CO[C@H]1CCN(C(=O)c2ccc(N[C@@H](C)c3cc4c(=O)[nH]c(C)nc4cc3C(F)(F)F)cc2)C1. The molecular formula is C24H25F3N4O3. The first kappa shape index (κ1) is 23.7. The summed E-state index contributed by atoms with van der Waals surface area (Å²) in [5.74, 6) is 0.126. The quantitative estimate of drug-likeness (QED) is 0.576. The number of likely N-dealkylation sites (tertiary alicyclic amines) is 1. The van der Waals surface area contributed by atoms with Crippen molar-refractivity contribution in [3.8, 4) is 0 Å². The number of carbonyl (C=O) groups is 1. The van der Waals surface area contributed by atoms with Crippen LogP contribution in [0.4, 0.5) is 18.9 Å². The third kappa shape index (κ3) is 4.77. The van der Waals surface area contributed by atoms with Gasteiger partial charge in [-0.2, -0.15) is 13.2 Å². The molecule has 3 aromatic rings. The Morgan fingerprint density at radius 2 is 1.97 bits per heavy atom. The maximum absolute atomic E-state index is 13.8. The highest BCUT2D eigenvalue weighted by molar-refractivity contribution is 5.94. The third-order valence-electron chi connectivity index (χ3n) is 6.05. The van der Waals surface area contributed by atoms with Crippen molar-refractivity contribution in [3.05, 3.63) is 69.3 Å². The summed E-state index contributed by atoms with van der Waals surface area (Å²) < 4.78 is 46.8. The molecule has 180 valence electrons. The molecule has 1 fully saturated rings. The zero-order valence-corrected chi connectivity index (χ0v) is 19.0. The maximum Gasteiger partial charge on any atom is 0.416 e. The van der Waals surface area contributed by atoms with E-state index in [1.165, 1.54) is 13.0 Å². The Kier molecular flexibility index (Phi) is 6.35. The van der Waals surface area contributed by atoms with E-state index in [0.717, 1.165) is 12.5 Å². The number of benzene rings is 2. The van der Waals surface area contributed by atoms with Gasteiger partial charge < -0.3 is 19.9 Å². The summed E-state index contributed by atoms with van der Waals surface area (Å²) in [6.07, 6.45) is -3.81. The number of anilines is 1. The van der Waals surface area contributed by atoms with Crippen molar-refractivity contribution >= 4 is 22.5 Å². The van der Waals surface area contributed by atoms with E-state index in [1.807, 2.05) is 0 Å². The molecule has 0 bridgehead atoms. The van der Waals surface area contributed by atoms with Crippen molar-refractivity contribution in [2.24, 2.45) is 0 Å². The average molecular weight is 474 g/mol. The molecule has 1 aliphatic heterocycles. The van der Waals surface area contributed by atoms with E-state index in [4.69, 9.17) is 4.74 Å². The minimum absolute atomic E-state index is 0.00925. The zero-order chi connectivity index (χ0) is 24.6. The van der Waals surface area contributed by atoms with E-state index in [9.17, 15) is 22.8 Å². The number of aromatic nitrogens is 2. The summed E-state index contributed by atoms with van der Waals surface area (Å²) in [5, 5.41) is 3.13. The summed E-state index contributed by atoms with van der Waals surface area (Å²) in [5.41, 5.74) is -0.394. The van der Waals surface area contributed by atoms with Crippen LogP contribution in [0.15, 0.2) is 41.2 Å². The number of nitrogens with one attached hydrogen (secondary N) is 2. The number of nitrogens with zero attached hydrogens (tertiary/aromatic N) is 2. The molecule has 2 atom stereocenters. The second-order valence-electron chi connectivity index (χ2n) is 8.45. The standard InChI is InChI=1S/C24H25F3N4O3/c1-13(18-10-19-21(11-20(18)24(25,26)27)29-14(2)30-22(19)32)28-16-6-4-15(5-7-16)23(33)31-9-8-17(12-31)34-3/h4-7,10-11,13,17,28H,8-9,12H2,1-3H3,(H,29,30,32)/t13-,17-/m0/s1. The summed E-state index contributed by atoms with van der Waals surface area (Å²) in [6.45, 7) is 4.24. The average Bonchev–Trinajstić information content (AvgIpc) is 3.27. The molecule has 0 unspecified atom stereocenters. The second-order valence-corrected chi connectivity index (χ2v) is 8.45. The molecule has 0 saturated carbocycles. The highest BCUT2D eigenvalue weighted by atomic mass is 19.4. The summed E-state index contributed by atoms with van der Waals surface area (Å²) >= 11 is 0. The number of halogens is 3. The molecule has 2 heterocycles. The van der Waals surface area contributed by atoms with Gasteiger partial charge in [0.25, 0.3) is 11.5 Å². The topological polar surface area (TPSA) is 87.3 Å². The molecule has 2 N–H and O–H groups in total. The summed E-state index contributed by atoms with van der Waals surface area (Å²) in [4.78, 5) is 33.3. The molecule has 0 spiro atoms. The number of alkyl halides is 3. The smallest absolute Gasteiger partial charge is 0.380 e. The lowest BCUT2D eigenvalue weighted by atomic mass is 9.98. The van der Waals surface area contributed by atoms with E-state index in [1.54, 1.807) is 43.2 Å². The molecule has 10 heteroatoms. The van der Waals surface area contributed by atoms with Crippen molar-refractivity contribution in [1.29, 1.82) is 0 Å². The number of aromatic amines is 1. The van der Waals surface area contributed by atoms with Crippen LogP contribution < -0.4 is 10.9 Å². The maximum atomic E-state index is 13.8. The molecular weight excluding hydrogens is 449 g/mol. The number of methoxy groups -OCH3 is 1. The number of rotatable bonds is 5. The summed E-state index contributed by atoms with van der Waals surface area (Å²) in [6, 6.07) is 7.96. The van der Waals surface area contributed by atoms with Gasteiger partial charge in [0.2, 0.25) is 0 Å². The van der Waals surface area contributed by atoms with E-state index >= 15 is 0 Å². The zero-order valence-electron chi connectivity index (χ0n) is 19.0. The van der Waals surface area contributed by atoms with Gasteiger partial charge in [0.15, 0.2) is 0 Å². The van der Waals surface area contributed by atoms with Gasteiger partial charge in [-0.25, -0.2) is 4.98 Å². The lowest BCUT2D eigenvalue weighted by molar-refractivity contribution is -0.138. The first-order valence-electron chi connectivity index (χ1n) is 10.9. The molecule has 2 aromatic carbocycles. The van der Waals surface area contributed by atoms with Crippen LogP contribution in [0.3, 0.4) is 0 Å². The van der Waals surface area contributed by atoms with Crippen molar-refractivity contribution in [1.82, 2.24) is 14.9 Å². The molecule has 7 nitrogen and oxygen atoms in total. The number of ether oxygens (including phenoxy) is 1. The molecule has 1 aliphatic rings. The fourth-order valence-corrected chi connectivity index (χ4v) is 4.25. The largest absolute Gasteiger partial charge is 0.416 e. The van der Waals surface area contributed by atoms with Crippen molar-refractivity contribution in [2.75, 3.05) is 25.5 Å². The molecule has 1 aromatic heterocycles. The van der Waals surface area contributed by atoms with Crippen LogP contribution in [0, 0.1) is 6.92 Å². The number of H-pyrrole nitrogens is 1. The molecule has 0 aliphatic carbocycles. The Morgan fingerprint density at radius 1 is 1.26 bits per heavy atom. The summed E-state index contributed by atoms with van der Waals surface area (Å²) in [7, 11) is 1.62. The fourth-order valence-electron chi connectivity index (χ4n) is 4.25. The van der Waals surface area contributed by atoms with Gasteiger partial charge in [-0.05, 0) is 62.2 Å². The number of carbonyl (C=O) groups excluding carboxylic acids is 1. The minimum atomic E-state index is -4.62. The van der Waals surface area contributed by atoms with Gasteiger partial charge in [-0.1, -0.05) is 0 Å². The normalized spacial score (nSPS) is 17.2. The lowest BCUT2D eigenvalue weighted by Gasteiger charge is -2.21. The number of fused-ring (bicyclic) bond motifs is 1. The number of aryl methyl sites for hydroxylation is 1. The third-order valence-corrected chi connectivity index (χ3v) is 6.05. The van der Waals surface area contributed by atoms with Gasteiger partial charge in [0.05, 0.1) is 22.6 Å². The van der Waals surface area contributed by atoms with Crippen molar-refractivity contribution in [2.45, 2.75) is 38.6 Å². The van der Waals surface area contributed by atoms with Gasteiger partial charge in [0, 0.05) is 37.5 Å². The monoisotopic (exact) mass is 474 g/mol. The molecule has 1 saturated heterocycles. The Bertz CT molecular complexity index is 1270. The van der Waals surface area contributed by atoms with Crippen molar-refractivity contribution < 1.29 is 22.7 Å². The number of hydrogen-bond acceptors (Lipinski definition) is 5. The first-order valence-corrected chi connectivity index (χ1v) is 10.9. The van der Waals surface area contributed by atoms with Gasteiger partial charge >= 0.3 is 6.18 Å². The van der Waals surface area contributed by atoms with E-state index < -0.39 is 23.3 Å². The Balaban J connectivity index is 1.58. The minimum Gasteiger partial charge on any atom is -0.380 e. The van der Waals surface area contributed by atoms with Crippen LogP contribution in [-0.4, -0.2) is 47.1 Å². The van der Waals surface area contributed by atoms with Crippen LogP contribution in [0.2, 0.25) is 0 Å². The molecule has 1 amide bonds. The highest BCUT2D eigenvalue weighted by Crippen LogP contribution is 2.37. The molecule has 34 heavy (non-hydrogen) atoms. The van der Waals surface area contributed by atoms with Crippen LogP contribution in [0.1, 0.15) is 46.7 Å². The predicted octanol–water partition coefficient (Wildman–Crippen LogP) is 4.28. The number of hydrogen-bond donors (Lipinski definition) is 2. The second kappa shape index (κ2) is 9.09. The van der Waals surface area contributed by atoms with E-state index in [0.29, 0.717) is 24.3 Å². The fraction of sp³-hybridized carbons (Fsp3) is 0.375. The highest BCUT2D eigenvalue weighted by Gasteiger charge is 2.35. The predicted molar refractivity (Wildman–Crippen MR) is 122 cm³/mol. The van der Waals surface area contributed by atoms with Gasteiger partial charge in [0.1, 0.15) is 5.82 Å². The first-order chi connectivity index (χ1) is 16.1. The molecule has 0 radical (unpaired) electrons. The Hall–Kier alpha value is -3.40. The van der Waals surface area contributed by atoms with Gasteiger partial charge in [-0.3, -0.25) is 9.59 Å². The van der Waals surface area contributed by atoms with E-state index in [2.05, 4.69) is 15.3 Å². The van der Waals surface area contributed by atoms with E-state index in [-0.39, 0.29) is 34.3 Å². The van der Waals surface area contributed by atoms with Crippen molar-refractivity contribution in [3.63, 3.8) is 0 Å². The van der Waals surface area contributed by atoms with Crippen LogP contribution >= 0.6 is 0 Å². The molecule has 4 rings (SSSR count). The lowest BCUT2D eigenvalue weighted by Crippen LogP contribution is -2.29. The number of amides is 1. The van der Waals surface area contributed by atoms with Crippen LogP contribution in [0.25, 0.3) is 10.9 Å².